The van der Waals surface area contributed by atoms with Crippen molar-refractivity contribution in [3.8, 4) is 34.5 Å². The molecule has 3 rings (SSSR count). The lowest BCUT2D eigenvalue weighted by atomic mass is 10.2. The number of methoxy groups -OCH3 is 1. The molecule has 0 aliphatic carbocycles. The van der Waals surface area contributed by atoms with Crippen molar-refractivity contribution in [3.05, 3.63) is 72.3 Å². The molecule has 132 valence electrons. The molecule has 0 saturated carbocycles. The van der Waals surface area contributed by atoms with E-state index in [1.807, 2.05) is 0 Å². The predicted molar refractivity (Wildman–Crippen MR) is 94.1 cm³/mol. The van der Waals surface area contributed by atoms with Crippen LogP contribution in [0, 0.1) is 0 Å². The average Bonchev–Trinajstić information content (AvgIpc) is 2.64. The summed E-state index contributed by atoms with van der Waals surface area (Å²) >= 11 is 0. The standard InChI is InChI=1S/C20H16O6/c1-24-20(23)13-10-18(25-16-6-2-14(21)3-7-16)12-19(11-13)26-17-8-4-15(22)5-9-17/h2-12,21-22H,1H3. The first-order chi connectivity index (χ1) is 12.5. The maximum Gasteiger partial charge on any atom is 0.338 e. The summed E-state index contributed by atoms with van der Waals surface area (Å²) in [6.45, 7) is 0. The zero-order valence-electron chi connectivity index (χ0n) is 13.9. The maximum absolute atomic E-state index is 11.9. The van der Waals surface area contributed by atoms with E-state index in [1.165, 1.54) is 43.5 Å². The number of hydrogen-bond acceptors (Lipinski definition) is 6. The van der Waals surface area contributed by atoms with Gasteiger partial charge in [0.2, 0.25) is 0 Å². The van der Waals surface area contributed by atoms with Gasteiger partial charge in [0.25, 0.3) is 0 Å². The van der Waals surface area contributed by atoms with Gasteiger partial charge in [-0.15, -0.1) is 0 Å². The first-order valence-corrected chi connectivity index (χ1v) is 7.70. The van der Waals surface area contributed by atoms with Crippen LogP contribution < -0.4 is 9.47 Å². The second kappa shape index (κ2) is 7.48. The maximum atomic E-state index is 11.9. The van der Waals surface area contributed by atoms with Crippen LogP contribution in [-0.2, 0) is 4.74 Å². The molecule has 0 spiro atoms. The van der Waals surface area contributed by atoms with Crippen molar-refractivity contribution in [2.24, 2.45) is 0 Å². The third-order valence-electron chi connectivity index (χ3n) is 3.45. The van der Waals surface area contributed by atoms with E-state index in [1.54, 1.807) is 30.3 Å². The molecule has 0 amide bonds. The Bertz CT molecular complexity index is 835. The topological polar surface area (TPSA) is 85.2 Å². The number of rotatable bonds is 5. The highest BCUT2D eigenvalue weighted by molar-refractivity contribution is 5.90. The molecule has 3 aromatic rings. The Morgan fingerprint density at radius 1 is 0.692 bits per heavy atom. The molecule has 0 atom stereocenters. The van der Waals surface area contributed by atoms with Gasteiger partial charge in [0, 0.05) is 6.07 Å². The van der Waals surface area contributed by atoms with Gasteiger partial charge in [0.05, 0.1) is 12.7 Å². The highest BCUT2D eigenvalue weighted by Gasteiger charge is 2.12. The Balaban J connectivity index is 1.91. The van der Waals surface area contributed by atoms with Crippen LogP contribution in [0.2, 0.25) is 0 Å². The van der Waals surface area contributed by atoms with E-state index in [9.17, 15) is 15.0 Å². The van der Waals surface area contributed by atoms with Gasteiger partial charge in [-0.1, -0.05) is 0 Å². The van der Waals surface area contributed by atoms with E-state index in [-0.39, 0.29) is 17.1 Å². The van der Waals surface area contributed by atoms with Crippen molar-refractivity contribution >= 4 is 5.97 Å². The van der Waals surface area contributed by atoms with Gasteiger partial charge in [-0.3, -0.25) is 0 Å². The van der Waals surface area contributed by atoms with Crippen LogP contribution in [0.5, 0.6) is 34.5 Å². The molecule has 0 bridgehead atoms. The Morgan fingerprint density at radius 3 is 1.50 bits per heavy atom. The van der Waals surface area contributed by atoms with Crippen LogP contribution in [0.1, 0.15) is 10.4 Å². The fraction of sp³-hybridized carbons (Fsp3) is 0.0500. The lowest BCUT2D eigenvalue weighted by molar-refractivity contribution is 0.0600. The highest BCUT2D eigenvalue weighted by Crippen LogP contribution is 2.31. The molecule has 0 aliphatic heterocycles. The first-order valence-electron chi connectivity index (χ1n) is 7.70. The summed E-state index contributed by atoms with van der Waals surface area (Å²) in [5, 5.41) is 18.7. The molecule has 0 aromatic heterocycles. The van der Waals surface area contributed by atoms with Gasteiger partial charge in [0.15, 0.2) is 0 Å². The highest BCUT2D eigenvalue weighted by atomic mass is 16.5. The summed E-state index contributed by atoms with van der Waals surface area (Å²) < 4.78 is 16.2. The molecule has 6 nitrogen and oxygen atoms in total. The summed E-state index contributed by atoms with van der Waals surface area (Å²) in [5.41, 5.74) is 0.262. The summed E-state index contributed by atoms with van der Waals surface area (Å²) in [4.78, 5) is 11.9. The SMILES string of the molecule is COC(=O)c1cc(Oc2ccc(O)cc2)cc(Oc2ccc(O)cc2)c1. The summed E-state index contributed by atoms with van der Waals surface area (Å²) in [7, 11) is 1.29. The second-order valence-corrected chi connectivity index (χ2v) is 5.38. The van der Waals surface area contributed by atoms with Crippen LogP contribution in [0.4, 0.5) is 0 Å². The number of benzene rings is 3. The number of phenolic OH excluding ortho intramolecular Hbond substituents is 2. The number of hydrogen-bond donors (Lipinski definition) is 2. The molecule has 0 saturated heterocycles. The fourth-order valence-electron chi connectivity index (χ4n) is 2.23. The number of esters is 1. The molecule has 26 heavy (non-hydrogen) atoms. The summed E-state index contributed by atoms with van der Waals surface area (Å²) in [6, 6.07) is 17.0. The summed E-state index contributed by atoms with van der Waals surface area (Å²) in [6.07, 6.45) is 0. The van der Waals surface area contributed by atoms with E-state index >= 15 is 0 Å². The van der Waals surface area contributed by atoms with E-state index in [2.05, 4.69) is 0 Å². The minimum atomic E-state index is -0.531. The number of carbonyl (C=O) groups excluding carboxylic acids is 1. The molecule has 6 heteroatoms. The minimum absolute atomic E-state index is 0.122. The molecule has 0 unspecified atom stereocenters. The van der Waals surface area contributed by atoms with Crippen molar-refractivity contribution in [1.82, 2.24) is 0 Å². The van der Waals surface area contributed by atoms with Crippen LogP contribution >= 0.6 is 0 Å². The van der Waals surface area contributed by atoms with E-state index < -0.39 is 5.97 Å². The molecule has 2 N–H and O–H groups in total. The Hall–Kier alpha value is -3.67. The van der Waals surface area contributed by atoms with Gasteiger partial charge in [-0.05, 0) is 60.7 Å². The van der Waals surface area contributed by atoms with Crippen LogP contribution in [0.25, 0.3) is 0 Å². The quantitative estimate of drug-likeness (QED) is 0.659. The molecule has 0 aliphatic rings. The predicted octanol–water partition coefficient (Wildman–Crippen LogP) is 4.47. The lowest BCUT2D eigenvalue weighted by Crippen LogP contribution is -2.02. The van der Waals surface area contributed by atoms with Gasteiger partial charge in [-0.25, -0.2) is 4.79 Å². The van der Waals surface area contributed by atoms with Crippen molar-refractivity contribution in [3.63, 3.8) is 0 Å². The average molecular weight is 352 g/mol. The molecule has 0 radical (unpaired) electrons. The lowest BCUT2D eigenvalue weighted by Gasteiger charge is -2.11. The van der Waals surface area contributed by atoms with Crippen molar-refractivity contribution in [2.45, 2.75) is 0 Å². The van der Waals surface area contributed by atoms with Gasteiger partial charge in [0.1, 0.15) is 34.5 Å². The van der Waals surface area contributed by atoms with Gasteiger partial charge in [-0.2, -0.15) is 0 Å². The van der Waals surface area contributed by atoms with Crippen molar-refractivity contribution < 1.29 is 29.2 Å². The number of ether oxygens (including phenoxy) is 3. The summed E-state index contributed by atoms with van der Waals surface area (Å²) in [5.74, 6) is 1.42. The smallest absolute Gasteiger partial charge is 0.338 e. The Kier molecular flexibility index (Phi) is 4.94. The third kappa shape index (κ3) is 4.24. The van der Waals surface area contributed by atoms with E-state index in [0.717, 1.165) is 0 Å². The number of carbonyl (C=O) groups is 1. The molecule has 0 fully saturated rings. The second-order valence-electron chi connectivity index (χ2n) is 5.38. The van der Waals surface area contributed by atoms with Gasteiger partial charge < -0.3 is 24.4 Å². The Labute approximate surface area is 149 Å². The molecule has 0 heterocycles. The van der Waals surface area contributed by atoms with E-state index in [0.29, 0.717) is 23.0 Å². The molecular formula is C20H16O6. The van der Waals surface area contributed by atoms with Crippen molar-refractivity contribution in [1.29, 1.82) is 0 Å². The largest absolute Gasteiger partial charge is 0.508 e. The van der Waals surface area contributed by atoms with Crippen LogP contribution in [-0.4, -0.2) is 23.3 Å². The van der Waals surface area contributed by atoms with Gasteiger partial charge >= 0.3 is 5.97 Å². The third-order valence-corrected chi connectivity index (χ3v) is 3.45. The van der Waals surface area contributed by atoms with E-state index in [4.69, 9.17) is 14.2 Å². The monoisotopic (exact) mass is 352 g/mol. The number of phenols is 2. The fourth-order valence-corrected chi connectivity index (χ4v) is 2.23. The van der Waals surface area contributed by atoms with Crippen LogP contribution in [0.3, 0.4) is 0 Å². The number of aromatic hydroxyl groups is 2. The zero-order chi connectivity index (χ0) is 18.5. The first kappa shape index (κ1) is 17.2. The zero-order valence-corrected chi connectivity index (χ0v) is 13.9. The van der Waals surface area contributed by atoms with Crippen LogP contribution in [0.15, 0.2) is 66.7 Å². The van der Waals surface area contributed by atoms with Crippen molar-refractivity contribution in [2.75, 3.05) is 7.11 Å². The minimum Gasteiger partial charge on any atom is -0.508 e. The normalized spacial score (nSPS) is 10.2. The Morgan fingerprint density at radius 2 is 1.12 bits per heavy atom. The molecular weight excluding hydrogens is 336 g/mol. The molecule has 3 aromatic carbocycles.